The monoisotopic (exact) mass is 259 g/mol. The van der Waals surface area contributed by atoms with E-state index in [9.17, 15) is 0 Å². The molecular formula is C10H17N3OS2. The van der Waals surface area contributed by atoms with Gasteiger partial charge < -0.3 is 15.4 Å². The Kier molecular flexibility index (Phi) is 3.61. The van der Waals surface area contributed by atoms with Gasteiger partial charge >= 0.3 is 0 Å². The van der Waals surface area contributed by atoms with E-state index in [1.807, 2.05) is 6.26 Å². The molecule has 0 aliphatic carbocycles. The summed E-state index contributed by atoms with van der Waals surface area (Å²) in [4.78, 5) is 3.44. The smallest absolute Gasteiger partial charge is 0.153 e. The van der Waals surface area contributed by atoms with Crippen LogP contribution in [-0.2, 0) is 4.74 Å². The molecule has 1 aliphatic rings. The third kappa shape index (κ3) is 2.28. The van der Waals surface area contributed by atoms with Gasteiger partial charge in [0.25, 0.3) is 0 Å². The van der Waals surface area contributed by atoms with Crippen LogP contribution in [0.1, 0.15) is 13.8 Å². The Bertz CT molecular complexity index is 359. The van der Waals surface area contributed by atoms with Gasteiger partial charge in [0.2, 0.25) is 0 Å². The van der Waals surface area contributed by atoms with Crippen molar-refractivity contribution >= 4 is 34.1 Å². The van der Waals surface area contributed by atoms with Crippen LogP contribution in [0.4, 0.5) is 10.8 Å². The molecule has 2 unspecified atom stereocenters. The van der Waals surface area contributed by atoms with E-state index >= 15 is 0 Å². The normalized spacial score (nSPS) is 26.1. The van der Waals surface area contributed by atoms with E-state index < -0.39 is 0 Å². The zero-order valence-corrected chi connectivity index (χ0v) is 11.4. The van der Waals surface area contributed by atoms with E-state index in [1.54, 1.807) is 11.8 Å². The van der Waals surface area contributed by atoms with Gasteiger partial charge in [-0.15, -0.1) is 11.8 Å². The van der Waals surface area contributed by atoms with Gasteiger partial charge in [0.15, 0.2) is 5.82 Å². The second-order valence-electron chi connectivity index (χ2n) is 4.07. The van der Waals surface area contributed by atoms with Crippen LogP contribution in [0, 0.1) is 0 Å². The fourth-order valence-electron chi connectivity index (χ4n) is 2.02. The molecule has 4 nitrogen and oxygen atoms in total. The lowest BCUT2D eigenvalue weighted by Crippen LogP contribution is -2.45. The number of anilines is 2. The molecule has 1 aromatic rings. The number of nitrogens with two attached hydrogens (primary N) is 1. The first-order valence-corrected chi connectivity index (χ1v) is 7.31. The fraction of sp³-hybridized carbons (Fsp3) is 0.700. The Morgan fingerprint density at radius 3 is 2.62 bits per heavy atom. The predicted molar refractivity (Wildman–Crippen MR) is 70.5 cm³/mol. The zero-order chi connectivity index (χ0) is 11.7. The van der Waals surface area contributed by atoms with Crippen LogP contribution in [0.25, 0.3) is 0 Å². The van der Waals surface area contributed by atoms with E-state index in [4.69, 9.17) is 10.5 Å². The maximum absolute atomic E-state index is 5.85. The molecule has 1 aliphatic heterocycles. The number of morpholine rings is 1. The standard InChI is InChI=1S/C10H17N3OS2/c1-6-4-13(5-7(2)14-6)10-8(15-3)9(11)12-16-10/h6-7H,4-5H2,1-3H3,(H2,11,12). The topological polar surface area (TPSA) is 51.4 Å². The average Bonchev–Trinajstić information content (AvgIpc) is 2.58. The van der Waals surface area contributed by atoms with Gasteiger partial charge in [0.1, 0.15) is 5.00 Å². The van der Waals surface area contributed by atoms with Crippen molar-refractivity contribution in [2.24, 2.45) is 0 Å². The highest BCUT2D eigenvalue weighted by Crippen LogP contribution is 2.38. The molecule has 0 spiro atoms. The number of hydrogen-bond acceptors (Lipinski definition) is 6. The second-order valence-corrected chi connectivity index (χ2v) is 5.64. The van der Waals surface area contributed by atoms with Crippen molar-refractivity contribution < 1.29 is 4.74 Å². The molecule has 90 valence electrons. The molecule has 16 heavy (non-hydrogen) atoms. The molecule has 2 heterocycles. The summed E-state index contributed by atoms with van der Waals surface area (Å²) >= 11 is 3.15. The van der Waals surface area contributed by atoms with Gasteiger partial charge in [-0.3, -0.25) is 0 Å². The quantitative estimate of drug-likeness (QED) is 0.824. The van der Waals surface area contributed by atoms with Gasteiger partial charge in [-0.05, 0) is 31.6 Å². The highest BCUT2D eigenvalue weighted by atomic mass is 32.2. The summed E-state index contributed by atoms with van der Waals surface area (Å²) in [7, 11) is 0. The van der Waals surface area contributed by atoms with E-state index in [-0.39, 0.29) is 12.2 Å². The van der Waals surface area contributed by atoms with Crippen LogP contribution in [0.2, 0.25) is 0 Å². The average molecular weight is 259 g/mol. The molecule has 0 saturated carbocycles. The van der Waals surface area contributed by atoms with Crippen molar-refractivity contribution in [1.82, 2.24) is 4.37 Å². The Morgan fingerprint density at radius 2 is 2.06 bits per heavy atom. The van der Waals surface area contributed by atoms with E-state index in [0.29, 0.717) is 5.82 Å². The van der Waals surface area contributed by atoms with Gasteiger partial charge in [0.05, 0.1) is 17.1 Å². The van der Waals surface area contributed by atoms with E-state index in [1.165, 1.54) is 16.5 Å². The fourth-order valence-corrected chi connectivity index (χ4v) is 3.73. The number of nitrogen functional groups attached to an aromatic ring is 1. The van der Waals surface area contributed by atoms with Crippen LogP contribution < -0.4 is 10.6 Å². The van der Waals surface area contributed by atoms with Crippen molar-refractivity contribution in [1.29, 1.82) is 0 Å². The number of rotatable bonds is 2. The largest absolute Gasteiger partial charge is 0.382 e. The summed E-state index contributed by atoms with van der Waals surface area (Å²) < 4.78 is 9.95. The summed E-state index contributed by atoms with van der Waals surface area (Å²) in [6, 6.07) is 0. The molecule has 2 N–H and O–H groups in total. The van der Waals surface area contributed by atoms with Crippen LogP contribution in [0.15, 0.2) is 4.90 Å². The minimum absolute atomic E-state index is 0.266. The second kappa shape index (κ2) is 4.81. The molecule has 1 fully saturated rings. The minimum atomic E-state index is 0.266. The SMILES string of the molecule is CSc1c(N)nsc1N1CC(C)OC(C)C1. The summed E-state index contributed by atoms with van der Waals surface area (Å²) in [6.45, 7) is 6.04. The Balaban J connectivity index is 2.22. The first kappa shape index (κ1) is 12.0. The summed E-state index contributed by atoms with van der Waals surface area (Å²) in [5, 5.41) is 1.19. The van der Waals surface area contributed by atoms with Gasteiger partial charge in [0, 0.05) is 13.1 Å². The molecule has 0 aromatic carbocycles. The zero-order valence-electron chi connectivity index (χ0n) is 9.77. The molecular weight excluding hydrogens is 242 g/mol. The van der Waals surface area contributed by atoms with Crippen LogP contribution in [-0.4, -0.2) is 35.9 Å². The van der Waals surface area contributed by atoms with E-state index in [0.717, 1.165) is 18.0 Å². The number of ether oxygens (including phenoxy) is 1. The maximum Gasteiger partial charge on any atom is 0.153 e. The Morgan fingerprint density at radius 1 is 1.44 bits per heavy atom. The number of aromatic nitrogens is 1. The van der Waals surface area contributed by atoms with E-state index in [2.05, 4.69) is 23.1 Å². The molecule has 6 heteroatoms. The number of hydrogen-bond donors (Lipinski definition) is 1. The summed E-state index contributed by atoms with van der Waals surface area (Å²) in [5.74, 6) is 0.652. The molecule has 0 bridgehead atoms. The van der Waals surface area contributed by atoms with Crippen molar-refractivity contribution in [2.75, 3.05) is 30.0 Å². The highest BCUT2D eigenvalue weighted by molar-refractivity contribution is 7.99. The molecule has 1 aromatic heterocycles. The molecule has 0 amide bonds. The predicted octanol–water partition coefficient (Wildman–Crippen LogP) is 2.06. The number of nitrogens with zero attached hydrogens (tertiary/aromatic N) is 2. The summed E-state index contributed by atoms with van der Waals surface area (Å²) in [5.41, 5.74) is 5.85. The lowest BCUT2D eigenvalue weighted by Gasteiger charge is -2.36. The highest BCUT2D eigenvalue weighted by Gasteiger charge is 2.26. The van der Waals surface area contributed by atoms with Crippen molar-refractivity contribution in [3.05, 3.63) is 0 Å². The van der Waals surface area contributed by atoms with Gasteiger partial charge in [-0.25, -0.2) is 0 Å². The lowest BCUT2D eigenvalue weighted by atomic mass is 10.2. The third-order valence-corrected chi connectivity index (χ3v) is 4.43. The number of thioether (sulfide) groups is 1. The molecule has 1 saturated heterocycles. The molecule has 2 atom stereocenters. The minimum Gasteiger partial charge on any atom is -0.382 e. The van der Waals surface area contributed by atoms with Crippen molar-refractivity contribution in [2.45, 2.75) is 31.0 Å². The summed E-state index contributed by atoms with van der Waals surface area (Å²) in [6.07, 6.45) is 2.57. The maximum atomic E-state index is 5.85. The molecule has 0 radical (unpaired) electrons. The lowest BCUT2D eigenvalue weighted by molar-refractivity contribution is -0.00513. The first-order chi connectivity index (χ1) is 7.61. The van der Waals surface area contributed by atoms with Crippen LogP contribution in [0.5, 0.6) is 0 Å². The third-order valence-electron chi connectivity index (χ3n) is 2.57. The first-order valence-electron chi connectivity index (χ1n) is 5.31. The van der Waals surface area contributed by atoms with Crippen LogP contribution >= 0.6 is 23.3 Å². The van der Waals surface area contributed by atoms with Gasteiger partial charge in [-0.2, -0.15) is 4.37 Å². The Hall–Kier alpha value is -0.460. The Labute approximate surface area is 104 Å². The molecule has 2 rings (SSSR count). The van der Waals surface area contributed by atoms with Crippen molar-refractivity contribution in [3.63, 3.8) is 0 Å². The van der Waals surface area contributed by atoms with Crippen molar-refractivity contribution in [3.8, 4) is 0 Å². The van der Waals surface area contributed by atoms with Gasteiger partial charge in [-0.1, -0.05) is 0 Å². The van der Waals surface area contributed by atoms with Crippen LogP contribution in [0.3, 0.4) is 0 Å².